The topological polar surface area (TPSA) is 43.6 Å². The molecule has 0 bridgehead atoms. The van der Waals surface area contributed by atoms with Crippen LogP contribution in [-0.2, 0) is 6.18 Å². The van der Waals surface area contributed by atoms with Crippen LogP contribution in [0.3, 0.4) is 0 Å². The molecular formula is C12H12BrF3N4S. The maximum absolute atomic E-state index is 13.0. The van der Waals surface area contributed by atoms with Crippen molar-refractivity contribution < 1.29 is 13.2 Å². The lowest BCUT2D eigenvalue weighted by atomic mass is 10.0. The zero-order valence-corrected chi connectivity index (χ0v) is 13.8. The number of hydrogen-bond donors (Lipinski definition) is 0. The molecule has 1 aromatic heterocycles. The number of tetrazole rings is 1. The van der Waals surface area contributed by atoms with E-state index in [0.29, 0.717) is 5.69 Å². The number of thioether (sulfide) groups is 1. The molecule has 1 heterocycles. The highest BCUT2D eigenvalue weighted by molar-refractivity contribution is 9.10. The fourth-order valence-electron chi connectivity index (χ4n) is 1.98. The Balaban J connectivity index is 2.71. The summed E-state index contributed by atoms with van der Waals surface area (Å²) < 4.78 is 40.4. The van der Waals surface area contributed by atoms with Crippen molar-refractivity contribution in [2.45, 2.75) is 30.8 Å². The Labute approximate surface area is 132 Å². The van der Waals surface area contributed by atoms with Crippen molar-refractivity contribution in [1.82, 2.24) is 20.2 Å². The van der Waals surface area contributed by atoms with Crippen molar-refractivity contribution in [3.8, 4) is 5.69 Å². The van der Waals surface area contributed by atoms with Gasteiger partial charge in [-0.05, 0) is 56.2 Å². The molecule has 0 aliphatic rings. The molecule has 0 atom stereocenters. The molecule has 0 aliphatic heterocycles. The lowest BCUT2D eigenvalue weighted by Crippen LogP contribution is -2.16. The van der Waals surface area contributed by atoms with E-state index >= 15 is 0 Å². The van der Waals surface area contributed by atoms with Crippen molar-refractivity contribution in [1.29, 1.82) is 0 Å². The average Bonchev–Trinajstić information content (AvgIpc) is 2.86. The molecule has 2 rings (SSSR count). The fourth-order valence-corrected chi connectivity index (χ4v) is 3.75. The molecule has 0 amide bonds. The second kappa shape index (κ2) is 5.96. The van der Waals surface area contributed by atoms with Crippen LogP contribution in [0.1, 0.15) is 31.2 Å². The van der Waals surface area contributed by atoms with Gasteiger partial charge in [0.1, 0.15) is 0 Å². The van der Waals surface area contributed by atoms with Crippen molar-refractivity contribution in [3.63, 3.8) is 0 Å². The molecular weight excluding hydrogens is 369 g/mol. The van der Waals surface area contributed by atoms with Gasteiger partial charge in [-0.2, -0.15) is 17.9 Å². The van der Waals surface area contributed by atoms with E-state index in [1.165, 1.54) is 11.8 Å². The number of hydrogen-bond acceptors (Lipinski definition) is 4. The molecule has 0 fully saturated rings. The van der Waals surface area contributed by atoms with E-state index in [2.05, 4.69) is 31.5 Å². The molecule has 0 radical (unpaired) electrons. The molecule has 9 heteroatoms. The minimum atomic E-state index is -4.61. The van der Waals surface area contributed by atoms with E-state index in [-0.39, 0.29) is 5.92 Å². The molecule has 0 saturated heterocycles. The molecule has 4 nitrogen and oxygen atoms in total. The fraction of sp³-hybridized carbons (Fsp3) is 0.417. The van der Waals surface area contributed by atoms with Crippen LogP contribution in [0.4, 0.5) is 13.2 Å². The summed E-state index contributed by atoms with van der Waals surface area (Å²) in [5, 5.41) is 9.75. The molecule has 0 aliphatic carbocycles. The highest BCUT2D eigenvalue weighted by Gasteiger charge is 2.39. The molecule has 2 aromatic rings. The van der Waals surface area contributed by atoms with Crippen LogP contribution in [-0.4, -0.2) is 26.5 Å². The van der Waals surface area contributed by atoms with E-state index in [1.807, 2.05) is 20.1 Å². The van der Waals surface area contributed by atoms with E-state index < -0.39 is 12.0 Å². The Hall–Kier alpha value is -1.09. The third-order valence-electron chi connectivity index (χ3n) is 2.87. The van der Waals surface area contributed by atoms with E-state index in [0.717, 1.165) is 19.6 Å². The zero-order valence-electron chi connectivity index (χ0n) is 11.4. The first kappa shape index (κ1) is 16.3. The average molecular weight is 381 g/mol. The van der Waals surface area contributed by atoms with Crippen LogP contribution in [0.15, 0.2) is 21.5 Å². The lowest BCUT2D eigenvalue weighted by Gasteiger charge is -2.18. The molecule has 21 heavy (non-hydrogen) atoms. The summed E-state index contributed by atoms with van der Waals surface area (Å²) in [6, 6.07) is 3.36. The summed E-state index contributed by atoms with van der Waals surface area (Å²) in [5.74, 6) is -1.13. The Kier molecular flexibility index (Phi) is 4.62. The molecule has 0 unspecified atom stereocenters. The number of benzene rings is 1. The number of aromatic nitrogens is 4. The van der Waals surface area contributed by atoms with Gasteiger partial charge in [0.25, 0.3) is 5.82 Å². The van der Waals surface area contributed by atoms with Crippen LogP contribution >= 0.6 is 27.7 Å². The normalized spacial score (nSPS) is 12.2. The van der Waals surface area contributed by atoms with Crippen LogP contribution in [0.2, 0.25) is 0 Å². The summed E-state index contributed by atoms with van der Waals surface area (Å²) in [4.78, 5) is 0.948. The van der Waals surface area contributed by atoms with Crippen LogP contribution in [0.5, 0.6) is 0 Å². The first-order valence-electron chi connectivity index (χ1n) is 5.99. The van der Waals surface area contributed by atoms with E-state index in [1.54, 1.807) is 12.1 Å². The second-order valence-corrected chi connectivity index (χ2v) is 6.22. The van der Waals surface area contributed by atoms with E-state index in [9.17, 15) is 13.2 Å². The highest BCUT2D eigenvalue weighted by Crippen LogP contribution is 2.38. The van der Waals surface area contributed by atoms with Crippen molar-refractivity contribution >= 4 is 27.7 Å². The Morgan fingerprint density at radius 1 is 1.29 bits per heavy atom. The Morgan fingerprint density at radius 3 is 2.48 bits per heavy atom. The van der Waals surface area contributed by atoms with E-state index in [4.69, 9.17) is 0 Å². The monoisotopic (exact) mass is 380 g/mol. The first-order chi connectivity index (χ1) is 9.77. The third kappa shape index (κ3) is 3.08. The summed E-state index contributed by atoms with van der Waals surface area (Å²) in [6.45, 7) is 3.82. The number of rotatable bonds is 3. The van der Waals surface area contributed by atoms with Gasteiger partial charge < -0.3 is 0 Å². The number of alkyl halides is 3. The van der Waals surface area contributed by atoms with Crippen LogP contribution in [0.25, 0.3) is 5.69 Å². The SMILES string of the molecule is CSc1ccc(-n2nnnc2C(F)(F)F)c(C(C)C)c1Br. The largest absolute Gasteiger partial charge is 0.453 e. The standard InChI is InChI=1S/C12H12BrF3N4S/c1-6(2)9-7(4-5-8(21-3)10(9)13)20-11(12(14,15)16)17-18-19-20/h4-6H,1-3H3. The molecule has 0 saturated carbocycles. The molecule has 1 aromatic carbocycles. The third-order valence-corrected chi connectivity index (χ3v) is 4.77. The van der Waals surface area contributed by atoms with Crippen LogP contribution in [0, 0.1) is 0 Å². The highest BCUT2D eigenvalue weighted by atomic mass is 79.9. The van der Waals surface area contributed by atoms with Gasteiger partial charge >= 0.3 is 6.18 Å². The van der Waals surface area contributed by atoms with Gasteiger partial charge in [-0.1, -0.05) is 13.8 Å². The maximum Gasteiger partial charge on any atom is 0.453 e. The van der Waals surface area contributed by atoms with Gasteiger partial charge in [-0.25, -0.2) is 0 Å². The summed E-state index contributed by atoms with van der Waals surface area (Å²) in [6.07, 6.45) is -2.70. The van der Waals surface area contributed by atoms with Crippen LogP contribution < -0.4 is 0 Å². The second-order valence-electron chi connectivity index (χ2n) is 4.58. The van der Waals surface area contributed by atoms with Crippen molar-refractivity contribution in [2.24, 2.45) is 0 Å². The lowest BCUT2D eigenvalue weighted by molar-refractivity contribution is -0.146. The van der Waals surface area contributed by atoms with Gasteiger partial charge in [0.05, 0.1) is 5.69 Å². The summed E-state index contributed by atoms with van der Waals surface area (Å²) in [7, 11) is 0. The first-order valence-corrected chi connectivity index (χ1v) is 8.01. The molecule has 114 valence electrons. The predicted octanol–water partition coefficient (Wildman–Crippen LogP) is 4.29. The Morgan fingerprint density at radius 2 is 1.95 bits per heavy atom. The minimum absolute atomic E-state index is 0.00626. The maximum atomic E-state index is 13.0. The Bertz CT molecular complexity index is 654. The summed E-state index contributed by atoms with van der Waals surface area (Å²) in [5.41, 5.74) is 1.06. The van der Waals surface area contributed by atoms with Crippen molar-refractivity contribution in [3.05, 3.63) is 28.0 Å². The molecule has 0 N–H and O–H groups in total. The molecule has 0 spiro atoms. The zero-order chi connectivity index (χ0) is 15.8. The minimum Gasteiger partial charge on any atom is -0.188 e. The van der Waals surface area contributed by atoms with Gasteiger partial charge in [-0.3, -0.25) is 0 Å². The number of halogens is 4. The van der Waals surface area contributed by atoms with Gasteiger partial charge in [-0.15, -0.1) is 16.9 Å². The smallest absolute Gasteiger partial charge is 0.188 e. The quantitative estimate of drug-likeness (QED) is 0.745. The predicted molar refractivity (Wildman–Crippen MR) is 77.7 cm³/mol. The van der Waals surface area contributed by atoms with Gasteiger partial charge in [0, 0.05) is 9.37 Å². The van der Waals surface area contributed by atoms with Crippen molar-refractivity contribution in [2.75, 3.05) is 6.26 Å². The summed E-state index contributed by atoms with van der Waals surface area (Å²) >= 11 is 4.98. The van der Waals surface area contributed by atoms with Gasteiger partial charge in [0.15, 0.2) is 0 Å². The number of nitrogens with zero attached hydrogens (tertiary/aromatic N) is 4. The van der Waals surface area contributed by atoms with Gasteiger partial charge in [0.2, 0.25) is 0 Å².